The van der Waals surface area contributed by atoms with Crippen LogP contribution in [0.3, 0.4) is 0 Å². The molecule has 2 heterocycles. The molecule has 760 valence electrons. The quantitative estimate of drug-likeness (QED) is 0.0807. The van der Waals surface area contributed by atoms with Crippen molar-refractivity contribution < 1.29 is 118 Å². The number of phosphoric ester groups is 1. The van der Waals surface area contributed by atoms with Crippen molar-refractivity contribution in [1.29, 1.82) is 0 Å². The van der Waals surface area contributed by atoms with E-state index in [0.29, 0.717) is 50.1 Å². The van der Waals surface area contributed by atoms with Crippen LogP contribution in [0.1, 0.15) is 366 Å². The summed E-state index contributed by atoms with van der Waals surface area (Å²) in [4.78, 5) is 10.8. The van der Waals surface area contributed by atoms with Gasteiger partial charge >= 0.3 is 7.82 Å². The molecule has 0 amide bonds. The topological polar surface area (TPSA) is 383 Å². The molecule has 6 saturated carbocycles. The summed E-state index contributed by atoms with van der Waals surface area (Å²) in [5.74, 6) is 14.3. The predicted octanol–water partition coefficient (Wildman–Crippen LogP) is 16.9. The summed E-state index contributed by atoms with van der Waals surface area (Å²) in [6.45, 7) is 29.3. The number of phosphoric acid groups is 1. The van der Waals surface area contributed by atoms with Gasteiger partial charge in [-0.2, -0.15) is 0 Å². The molecule has 6 aliphatic carbocycles. The average Bonchev–Trinajstić information content (AvgIpc) is 1.61. The maximum absolute atomic E-state index is 13.3. The zero-order valence-electron chi connectivity index (χ0n) is 82.8. The molecule has 0 spiro atoms. The van der Waals surface area contributed by atoms with Gasteiger partial charge in [0.25, 0.3) is 0 Å². The number of aliphatic hydroxyl groups excluding tert-OH is 12. The summed E-state index contributed by atoms with van der Waals surface area (Å²) >= 11 is 0. The highest BCUT2D eigenvalue weighted by atomic mass is 31.2. The molecule has 0 radical (unpaired) electrons. The van der Waals surface area contributed by atoms with Crippen LogP contribution in [0.15, 0.2) is 0 Å². The zero-order chi connectivity index (χ0) is 93.9. The second-order valence-electron chi connectivity index (χ2n) is 45.4. The number of hydrogen-bond acceptors (Lipinski definition) is 23. The fourth-order valence-corrected chi connectivity index (χ4v) is 25.0. The molecule has 2 aliphatic heterocycles. The van der Waals surface area contributed by atoms with E-state index in [4.69, 9.17) is 42.2 Å². The third-order valence-corrected chi connectivity index (χ3v) is 35.1. The van der Waals surface area contributed by atoms with E-state index in [-0.39, 0.29) is 26.4 Å². The molecule has 24 nitrogen and oxygen atoms in total. The van der Waals surface area contributed by atoms with E-state index >= 15 is 0 Å². The van der Waals surface area contributed by atoms with Crippen molar-refractivity contribution in [2.24, 2.45) is 118 Å². The normalized spacial score (nSPS) is 44.8. The van der Waals surface area contributed by atoms with Crippen LogP contribution in [0.25, 0.3) is 0 Å². The van der Waals surface area contributed by atoms with Crippen LogP contribution in [0.4, 0.5) is 0 Å². The van der Waals surface area contributed by atoms with Crippen LogP contribution in [0.5, 0.6) is 0 Å². The first-order chi connectivity index (χ1) is 61.5. The SMILES string of the molecule is C[C@@H]1CCC[C@H]2CC[C@@H](C2)[C@H](C)CCC[C@H](C)CC[C@@H](C)CCC[C@@H](C)[C@H]2CC[C@H](CCC[C@@H](C)CCO[C@H](COP(=O)(O)OC3[C@@H](O)[C@H](O)C(O)[C@H](O)[C@@H]3O)COCC[C@H](C)CCCC3CCC(C3)[C@H](C)CCC[C@H](C)CC[C@@H](C)CCC[C@@H](C)[C@H]3CC[C@H](CCC[C@@H](C)CCO[C@@H](CO[C@H]4[C@H](O)[C@@H](O)[C@@H](O)[C@@]4(O)CO[C@H]4[C@H](O)[C@@H](O)[C@H](O)O[C@@H]4CO)COCC1)C3)C2. The third kappa shape index (κ3) is 38.7. The van der Waals surface area contributed by atoms with Crippen molar-refractivity contribution in [1.82, 2.24) is 0 Å². The highest BCUT2D eigenvalue weighted by Crippen LogP contribution is 2.49. The number of hydrogen-bond donors (Lipinski definition) is 14. The van der Waals surface area contributed by atoms with E-state index in [2.05, 4.69) is 83.1 Å². The molecule has 0 aromatic heterocycles. The van der Waals surface area contributed by atoms with Gasteiger partial charge in [-0.1, -0.05) is 289 Å². The molecular formula is C104H195O24P. The Hall–Kier alpha value is -0.690. The van der Waals surface area contributed by atoms with E-state index in [0.717, 1.165) is 146 Å². The van der Waals surface area contributed by atoms with Gasteiger partial charge in [-0.15, -0.1) is 0 Å². The van der Waals surface area contributed by atoms with Crippen molar-refractivity contribution in [3.05, 3.63) is 0 Å². The number of rotatable bonds is 12. The Morgan fingerprint density at radius 2 is 0.651 bits per heavy atom. The first-order valence-corrected chi connectivity index (χ1v) is 54.8. The Labute approximate surface area is 781 Å². The van der Waals surface area contributed by atoms with Crippen molar-refractivity contribution in [2.45, 2.75) is 475 Å². The molecule has 8 aliphatic rings. The van der Waals surface area contributed by atoms with Gasteiger partial charge < -0.3 is 104 Å². The van der Waals surface area contributed by atoms with E-state index in [1.165, 1.54) is 231 Å². The second-order valence-corrected chi connectivity index (χ2v) is 46.8. The fraction of sp³-hybridized carbons (Fsp3) is 1.00. The summed E-state index contributed by atoms with van der Waals surface area (Å²) < 4.78 is 66.7. The van der Waals surface area contributed by atoms with Crippen LogP contribution in [-0.2, 0) is 46.8 Å². The largest absolute Gasteiger partial charge is 0.472 e. The third-order valence-electron chi connectivity index (χ3n) is 34.1. The highest BCUT2D eigenvalue weighted by Gasteiger charge is 2.61. The first kappa shape index (κ1) is 114. The van der Waals surface area contributed by atoms with Gasteiger partial charge in [0, 0.05) is 26.4 Å². The lowest BCUT2D eigenvalue weighted by atomic mass is 9.84. The van der Waals surface area contributed by atoms with Gasteiger partial charge in [-0.05, 0) is 195 Å². The maximum atomic E-state index is 13.3. The second kappa shape index (κ2) is 59.1. The van der Waals surface area contributed by atoms with Crippen LogP contribution in [0.2, 0.25) is 0 Å². The molecule has 129 heavy (non-hydrogen) atoms. The standard InChI is InChI=1S/C104H195O24P/c1-67-21-13-29-75(9)83-45-41-79(57-83)33-17-25-71(5)49-53-120-62-87(64-124-102-97(113)96(112)101(115)104(102,117)66-125-99-89(61-105)127-103(116)98(114)95(99)111)122-55-51-73(7)27-19-35-81-43-47-85(59-81)77(11)31-15-23-69(3)39-37-68(2)22-14-30-76(10)84-46-42-80(58-84)34-18-26-72(6)50-54-121-63-88(65-126-129(118,119)128-100-93(109)91(107)90(106)92(108)94(100)110)123-56-52-74(8)28-20-36-82-44-48-86(60-82)78(12)32-16-24-70(4)40-38-67/h67-103,105-117H,13-66H2,1-12H3,(H,118,119)/t67-,68-,69-,70-,71+,72+,73+,74+,75+,76+,77+,78+,79-,80?,81-,82-,83-,84?,85-,86-,87+,88-,89+,90?,91-,92+,93-,94-,95+,96+,97+,98+,99+,100?,101+,102-,103+,104-/m0/s1. The summed E-state index contributed by atoms with van der Waals surface area (Å²) in [5.41, 5.74) is -2.40. The summed E-state index contributed by atoms with van der Waals surface area (Å²) in [6.07, 6.45) is 26.9. The lowest BCUT2D eigenvalue weighted by molar-refractivity contribution is -0.303. The van der Waals surface area contributed by atoms with Crippen molar-refractivity contribution in [3.63, 3.8) is 0 Å². The Balaban J connectivity index is 0.785. The van der Waals surface area contributed by atoms with Gasteiger partial charge in [0.1, 0.15) is 103 Å². The molecule has 8 bridgehead atoms. The molecule has 25 heteroatoms. The minimum Gasteiger partial charge on any atom is -0.394 e. The molecule has 2 saturated heterocycles. The Bertz CT molecular complexity index is 2950. The molecule has 8 fully saturated rings. The molecular weight excluding hydrogens is 1660 g/mol. The lowest BCUT2D eigenvalue weighted by Crippen LogP contribution is -2.64. The first-order valence-electron chi connectivity index (χ1n) is 53.3. The van der Waals surface area contributed by atoms with Crippen LogP contribution < -0.4 is 0 Å². The van der Waals surface area contributed by atoms with Crippen LogP contribution in [-0.4, -0.2) is 247 Å². The Kier molecular flexibility index (Phi) is 52.1. The molecule has 14 N–H and O–H groups in total. The zero-order valence-corrected chi connectivity index (χ0v) is 83.7. The Morgan fingerprint density at radius 3 is 1.01 bits per heavy atom. The van der Waals surface area contributed by atoms with Crippen molar-refractivity contribution >= 4 is 7.82 Å². The average molecular weight is 1860 g/mol. The number of ether oxygens (including phenoxy) is 7. The summed E-state index contributed by atoms with van der Waals surface area (Å²) in [7, 11) is -4.98. The minimum absolute atomic E-state index is 0.124. The summed E-state index contributed by atoms with van der Waals surface area (Å²) in [6, 6.07) is 0. The fourth-order valence-electron chi connectivity index (χ4n) is 24.1. The predicted molar refractivity (Wildman–Crippen MR) is 505 cm³/mol. The maximum Gasteiger partial charge on any atom is 0.472 e. The number of fused-ring (bicyclic) bond motifs is 8. The molecule has 39 atom stereocenters. The minimum atomic E-state index is -4.98. The van der Waals surface area contributed by atoms with Crippen LogP contribution >= 0.6 is 7.82 Å². The van der Waals surface area contributed by atoms with E-state index < -0.39 is 131 Å². The highest BCUT2D eigenvalue weighted by molar-refractivity contribution is 7.47. The summed E-state index contributed by atoms with van der Waals surface area (Å²) in [5, 5.41) is 138. The monoisotopic (exact) mass is 1860 g/mol. The molecule has 8 rings (SSSR count). The van der Waals surface area contributed by atoms with Crippen molar-refractivity contribution in [3.8, 4) is 0 Å². The van der Waals surface area contributed by atoms with Crippen LogP contribution in [0, 0.1) is 118 Å². The van der Waals surface area contributed by atoms with Gasteiger partial charge in [0.2, 0.25) is 0 Å². The van der Waals surface area contributed by atoms with E-state index in [1.807, 2.05) is 0 Å². The van der Waals surface area contributed by atoms with Gasteiger partial charge in [0.15, 0.2) is 6.29 Å². The Morgan fingerprint density at radius 1 is 0.333 bits per heavy atom. The van der Waals surface area contributed by atoms with Gasteiger partial charge in [-0.25, -0.2) is 4.57 Å². The molecule has 5 unspecified atom stereocenters. The van der Waals surface area contributed by atoms with Gasteiger partial charge in [0.05, 0.1) is 39.6 Å². The number of aliphatic hydroxyl groups is 13. The smallest absolute Gasteiger partial charge is 0.394 e. The van der Waals surface area contributed by atoms with E-state index in [1.54, 1.807) is 0 Å². The van der Waals surface area contributed by atoms with Crippen molar-refractivity contribution in [2.75, 3.05) is 66.1 Å². The van der Waals surface area contributed by atoms with Gasteiger partial charge in [-0.3, -0.25) is 9.05 Å². The lowest BCUT2D eigenvalue weighted by Gasteiger charge is -2.42. The molecule has 0 aromatic carbocycles. The van der Waals surface area contributed by atoms with E-state index in [9.17, 15) is 75.8 Å². The molecule has 0 aromatic rings.